The molecule has 1 heterocycles. The summed E-state index contributed by atoms with van der Waals surface area (Å²) in [6, 6.07) is 33.8. The number of hydrogen-bond donors (Lipinski definition) is 0. The first kappa shape index (κ1) is 22.8. The minimum Gasteiger partial charge on any atom is -0.399 e. The molecule has 0 N–H and O–H groups in total. The summed E-state index contributed by atoms with van der Waals surface area (Å²) >= 11 is 0. The van der Waals surface area contributed by atoms with E-state index in [-0.39, 0.29) is 0 Å². The molecule has 4 heteroatoms. The molecule has 4 aromatic carbocycles. The van der Waals surface area contributed by atoms with E-state index >= 15 is 0 Å². The van der Waals surface area contributed by atoms with E-state index < -0.39 is 23.7 Å². The van der Waals surface area contributed by atoms with Crippen molar-refractivity contribution in [2.45, 2.75) is 44.3 Å². The van der Waals surface area contributed by atoms with Crippen LogP contribution in [-0.2, 0) is 14.7 Å². The van der Waals surface area contributed by atoms with Crippen LogP contribution in [0.25, 0.3) is 16.0 Å². The Labute approximate surface area is 213 Å². The van der Waals surface area contributed by atoms with Crippen LogP contribution < -0.4 is 5.46 Å². The van der Waals surface area contributed by atoms with Gasteiger partial charge in [0.1, 0.15) is 0 Å². The average Bonchev–Trinajstić information content (AvgIpc) is 3.31. The van der Waals surface area contributed by atoms with Gasteiger partial charge in [0.15, 0.2) is 5.69 Å². The van der Waals surface area contributed by atoms with Gasteiger partial charge in [0, 0.05) is 0 Å². The van der Waals surface area contributed by atoms with Gasteiger partial charge >= 0.3 is 7.12 Å². The van der Waals surface area contributed by atoms with Crippen molar-refractivity contribution in [3.8, 4) is 11.1 Å². The number of fused-ring (bicyclic) bond motifs is 3. The fourth-order valence-corrected chi connectivity index (χ4v) is 5.75. The standard InChI is InChI=1S/C32H28BNO2/c1-30(2)31(3,4)36-33(35-30)24-19-20-25-27(21-24)32(22-13-8-6-9-14-22,23-15-10-7-11-16-23)26-17-12-18-28(34-5)29(25)26/h6-21H,1-4H3. The van der Waals surface area contributed by atoms with Crippen molar-refractivity contribution < 1.29 is 9.31 Å². The second kappa shape index (κ2) is 7.93. The van der Waals surface area contributed by atoms with E-state index in [1.165, 1.54) is 11.1 Å². The smallest absolute Gasteiger partial charge is 0.399 e. The summed E-state index contributed by atoms with van der Waals surface area (Å²) in [5.41, 5.74) is 6.97. The summed E-state index contributed by atoms with van der Waals surface area (Å²) < 4.78 is 12.9. The largest absolute Gasteiger partial charge is 0.494 e. The van der Waals surface area contributed by atoms with E-state index in [0.717, 1.165) is 27.7 Å². The van der Waals surface area contributed by atoms with Crippen LogP contribution >= 0.6 is 0 Å². The molecule has 1 saturated heterocycles. The van der Waals surface area contributed by atoms with E-state index in [9.17, 15) is 0 Å². The number of benzene rings is 4. The monoisotopic (exact) mass is 469 g/mol. The Bertz CT molecular complexity index is 1450. The highest BCUT2D eigenvalue weighted by Crippen LogP contribution is 2.58. The van der Waals surface area contributed by atoms with E-state index in [1.54, 1.807) is 0 Å². The van der Waals surface area contributed by atoms with Gasteiger partial charge in [-0.25, -0.2) is 4.85 Å². The molecule has 176 valence electrons. The zero-order valence-corrected chi connectivity index (χ0v) is 21.1. The highest BCUT2D eigenvalue weighted by molar-refractivity contribution is 6.62. The molecule has 1 fully saturated rings. The fraction of sp³-hybridized carbons (Fsp3) is 0.219. The lowest BCUT2D eigenvalue weighted by Crippen LogP contribution is -2.41. The SMILES string of the molecule is [C-]#[N+]c1cccc2c1-c1ccc(B3OC(C)(C)C(C)(C)O3)cc1C2(c1ccccc1)c1ccccc1. The molecule has 0 unspecified atom stereocenters. The van der Waals surface area contributed by atoms with Crippen molar-refractivity contribution in [2.24, 2.45) is 0 Å². The summed E-state index contributed by atoms with van der Waals surface area (Å²) in [6.45, 7) is 16.3. The van der Waals surface area contributed by atoms with Crippen LogP contribution in [0.15, 0.2) is 97.1 Å². The first-order valence-electron chi connectivity index (χ1n) is 12.4. The second-order valence-electron chi connectivity index (χ2n) is 10.7. The van der Waals surface area contributed by atoms with E-state index in [4.69, 9.17) is 15.9 Å². The summed E-state index contributed by atoms with van der Waals surface area (Å²) in [4.78, 5) is 3.93. The molecule has 0 spiro atoms. The minimum absolute atomic E-state index is 0.424. The zero-order chi connectivity index (χ0) is 25.1. The third-order valence-electron chi connectivity index (χ3n) is 8.22. The zero-order valence-electron chi connectivity index (χ0n) is 21.1. The highest BCUT2D eigenvalue weighted by atomic mass is 16.7. The van der Waals surface area contributed by atoms with Crippen molar-refractivity contribution in [1.29, 1.82) is 0 Å². The van der Waals surface area contributed by atoms with Gasteiger partial charge in [-0.15, -0.1) is 0 Å². The molecule has 0 radical (unpaired) electrons. The number of rotatable bonds is 3. The molecule has 0 saturated carbocycles. The molecule has 0 aromatic heterocycles. The summed E-state index contributed by atoms with van der Waals surface area (Å²) in [7, 11) is -0.464. The van der Waals surface area contributed by atoms with Crippen molar-refractivity contribution >= 4 is 18.3 Å². The Balaban J connectivity index is 1.68. The molecule has 4 aromatic rings. The van der Waals surface area contributed by atoms with Crippen molar-refractivity contribution in [3.63, 3.8) is 0 Å². The molecule has 1 aliphatic carbocycles. The van der Waals surface area contributed by atoms with Crippen LogP contribution in [-0.4, -0.2) is 18.3 Å². The third kappa shape index (κ3) is 3.07. The molecule has 0 amide bonds. The molecule has 36 heavy (non-hydrogen) atoms. The van der Waals surface area contributed by atoms with Crippen LogP contribution in [0.1, 0.15) is 49.9 Å². The van der Waals surface area contributed by atoms with Crippen LogP contribution in [0.4, 0.5) is 5.69 Å². The van der Waals surface area contributed by atoms with Crippen molar-refractivity contribution in [3.05, 3.63) is 131 Å². The molecule has 0 atom stereocenters. The number of nitrogens with zero attached hydrogens (tertiary/aromatic N) is 1. The third-order valence-corrected chi connectivity index (χ3v) is 8.22. The predicted octanol–water partition coefficient (Wildman–Crippen LogP) is 6.90. The maximum absolute atomic E-state index is 7.94. The van der Waals surface area contributed by atoms with E-state index in [1.807, 2.05) is 12.1 Å². The summed E-state index contributed by atoms with van der Waals surface area (Å²) in [5, 5.41) is 0. The first-order valence-corrected chi connectivity index (χ1v) is 12.4. The Morgan fingerprint density at radius 1 is 0.667 bits per heavy atom. The molecule has 0 bridgehead atoms. The van der Waals surface area contributed by atoms with Gasteiger partial charge in [-0.1, -0.05) is 97.1 Å². The van der Waals surface area contributed by atoms with Crippen molar-refractivity contribution in [1.82, 2.24) is 0 Å². The number of hydrogen-bond acceptors (Lipinski definition) is 2. The molecular formula is C32H28BNO2. The van der Waals surface area contributed by atoms with Crippen LogP contribution in [0.5, 0.6) is 0 Å². The topological polar surface area (TPSA) is 22.8 Å². The Morgan fingerprint density at radius 3 is 1.81 bits per heavy atom. The van der Waals surface area contributed by atoms with Gasteiger partial charge < -0.3 is 9.31 Å². The fourth-order valence-electron chi connectivity index (χ4n) is 5.75. The Kier molecular flexibility index (Phi) is 5.02. The maximum Gasteiger partial charge on any atom is 0.494 e. The Morgan fingerprint density at radius 2 is 1.25 bits per heavy atom. The lowest BCUT2D eigenvalue weighted by Gasteiger charge is -2.34. The van der Waals surface area contributed by atoms with Crippen molar-refractivity contribution in [2.75, 3.05) is 0 Å². The van der Waals surface area contributed by atoms with Crippen LogP contribution in [0, 0.1) is 6.57 Å². The predicted molar refractivity (Wildman–Crippen MR) is 146 cm³/mol. The van der Waals surface area contributed by atoms with Gasteiger partial charge in [-0.2, -0.15) is 0 Å². The molecule has 6 rings (SSSR count). The van der Waals surface area contributed by atoms with E-state index in [2.05, 4.69) is 117 Å². The van der Waals surface area contributed by atoms with Gasteiger partial charge in [-0.05, 0) is 66.5 Å². The first-order chi connectivity index (χ1) is 17.3. The molecule has 3 nitrogen and oxygen atoms in total. The van der Waals surface area contributed by atoms with Gasteiger partial charge in [-0.3, -0.25) is 0 Å². The molecular weight excluding hydrogens is 441 g/mol. The quantitative estimate of drug-likeness (QED) is 0.212. The normalized spacial score (nSPS) is 18.4. The van der Waals surface area contributed by atoms with Gasteiger partial charge in [0.2, 0.25) is 0 Å². The lowest BCUT2D eigenvalue weighted by molar-refractivity contribution is 0.00578. The molecule has 1 aliphatic heterocycles. The molecule has 2 aliphatic rings. The van der Waals surface area contributed by atoms with Crippen LogP contribution in [0.2, 0.25) is 0 Å². The maximum atomic E-state index is 7.94. The Hall–Kier alpha value is -3.65. The average molecular weight is 469 g/mol. The summed E-state index contributed by atoms with van der Waals surface area (Å²) in [5.74, 6) is 0. The van der Waals surface area contributed by atoms with E-state index in [0.29, 0.717) is 5.69 Å². The summed E-state index contributed by atoms with van der Waals surface area (Å²) in [6.07, 6.45) is 0. The highest BCUT2D eigenvalue weighted by Gasteiger charge is 2.53. The second-order valence-corrected chi connectivity index (χ2v) is 10.7. The lowest BCUT2D eigenvalue weighted by atomic mass is 9.66. The van der Waals surface area contributed by atoms with Crippen LogP contribution in [0.3, 0.4) is 0 Å². The van der Waals surface area contributed by atoms with Gasteiger partial charge in [0.25, 0.3) is 0 Å². The minimum atomic E-state index is -0.562. The van der Waals surface area contributed by atoms with Gasteiger partial charge in [0.05, 0.1) is 23.2 Å².